The standard InChI is InChI=1S/C18H33N7OS.HI/c1-5-16-21-18(27-22-16)24-8-6-23(7-9-24)17(19-4)20-12-14(2)25-10-11-26-13-15(25)3;/h14-15H,5-13H2,1-4H3,(H,19,20);1H. The van der Waals surface area contributed by atoms with Crippen molar-refractivity contribution in [3.05, 3.63) is 5.82 Å². The zero-order chi connectivity index (χ0) is 19.2. The number of morpholine rings is 1. The maximum Gasteiger partial charge on any atom is 0.205 e. The number of aliphatic imine (C=N–C) groups is 1. The van der Waals surface area contributed by atoms with Crippen molar-refractivity contribution >= 4 is 46.6 Å². The smallest absolute Gasteiger partial charge is 0.205 e. The molecular weight excluding hydrogens is 489 g/mol. The van der Waals surface area contributed by atoms with Crippen LogP contribution in [0.2, 0.25) is 0 Å². The number of halogens is 1. The van der Waals surface area contributed by atoms with Gasteiger partial charge >= 0.3 is 0 Å². The van der Waals surface area contributed by atoms with Crippen LogP contribution in [0.1, 0.15) is 26.6 Å². The summed E-state index contributed by atoms with van der Waals surface area (Å²) in [5.41, 5.74) is 0. The molecule has 0 aromatic carbocycles. The predicted molar refractivity (Wildman–Crippen MR) is 126 cm³/mol. The highest BCUT2D eigenvalue weighted by molar-refractivity contribution is 14.0. The second-order valence-electron chi connectivity index (χ2n) is 7.26. The Balaban J connectivity index is 0.00000280. The number of aromatic nitrogens is 2. The van der Waals surface area contributed by atoms with Crippen molar-refractivity contribution in [3.63, 3.8) is 0 Å². The van der Waals surface area contributed by atoms with Gasteiger partial charge in [-0.05, 0) is 13.8 Å². The van der Waals surface area contributed by atoms with Gasteiger partial charge < -0.3 is 19.9 Å². The molecule has 0 radical (unpaired) electrons. The Hall–Kier alpha value is -0.720. The van der Waals surface area contributed by atoms with Crippen LogP contribution in [0.5, 0.6) is 0 Å². The van der Waals surface area contributed by atoms with Crippen LogP contribution >= 0.6 is 35.5 Å². The van der Waals surface area contributed by atoms with Gasteiger partial charge in [-0.15, -0.1) is 24.0 Å². The van der Waals surface area contributed by atoms with Crippen molar-refractivity contribution in [2.24, 2.45) is 4.99 Å². The monoisotopic (exact) mass is 523 g/mol. The van der Waals surface area contributed by atoms with Gasteiger partial charge in [0.05, 0.1) is 13.2 Å². The van der Waals surface area contributed by atoms with Gasteiger partial charge in [0.15, 0.2) is 5.96 Å². The number of ether oxygens (including phenoxy) is 1. The van der Waals surface area contributed by atoms with E-state index in [-0.39, 0.29) is 24.0 Å². The second-order valence-corrected chi connectivity index (χ2v) is 7.99. The van der Waals surface area contributed by atoms with Crippen LogP contribution in [0.25, 0.3) is 0 Å². The van der Waals surface area contributed by atoms with E-state index in [4.69, 9.17) is 4.74 Å². The van der Waals surface area contributed by atoms with Gasteiger partial charge in [-0.25, -0.2) is 4.98 Å². The fourth-order valence-electron chi connectivity index (χ4n) is 3.71. The molecule has 2 unspecified atom stereocenters. The summed E-state index contributed by atoms with van der Waals surface area (Å²) in [4.78, 5) is 16.3. The first-order valence-corrected chi connectivity index (χ1v) is 10.8. The molecule has 0 saturated carbocycles. The summed E-state index contributed by atoms with van der Waals surface area (Å²) in [5.74, 6) is 1.94. The average molecular weight is 523 g/mol. The minimum Gasteiger partial charge on any atom is -0.379 e. The third-order valence-corrected chi connectivity index (χ3v) is 6.19. The molecule has 3 heterocycles. The molecule has 0 bridgehead atoms. The van der Waals surface area contributed by atoms with Crippen molar-refractivity contribution in [1.29, 1.82) is 0 Å². The Morgan fingerprint density at radius 3 is 2.68 bits per heavy atom. The van der Waals surface area contributed by atoms with E-state index < -0.39 is 0 Å². The Kier molecular flexibility index (Phi) is 9.64. The molecule has 0 aliphatic carbocycles. The van der Waals surface area contributed by atoms with Crippen LogP contribution in [0.3, 0.4) is 0 Å². The van der Waals surface area contributed by atoms with Crippen molar-refractivity contribution in [2.45, 2.75) is 39.3 Å². The van der Waals surface area contributed by atoms with Gasteiger partial charge in [0.25, 0.3) is 0 Å². The number of guanidine groups is 1. The van der Waals surface area contributed by atoms with E-state index in [0.29, 0.717) is 12.1 Å². The highest BCUT2D eigenvalue weighted by Crippen LogP contribution is 2.19. The Morgan fingerprint density at radius 1 is 1.32 bits per heavy atom. The molecule has 2 saturated heterocycles. The van der Waals surface area contributed by atoms with Gasteiger partial charge in [-0.2, -0.15) is 4.37 Å². The van der Waals surface area contributed by atoms with Crippen LogP contribution < -0.4 is 10.2 Å². The van der Waals surface area contributed by atoms with E-state index in [1.807, 2.05) is 7.05 Å². The Labute approximate surface area is 189 Å². The van der Waals surface area contributed by atoms with Crippen LogP contribution in [0.15, 0.2) is 4.99 Å². The van der Waals surface area contributed by atoms with Gasteiger partial charge in [0.2, 0.25) is 5.13 Å². The zero-order valence-electron chi connectivity index (χ0n) is 17.4. The lowest BCUT2D eigenvalue weighted by Gasteiger charge is -2.39. The zero-order valence-corrected chi connectivity index (χ0v) is 20.6. The number of hydrogen-bond donors (Lipinski definition) is 1. The maximum absolute atomic E-state index is 5.55. The third-order valence-electron chi connectivity index (χ3n) is 5.38. The predicted octanol–water partition coefficient (Wildman–Crippen LogP) is 1.53. The quantitative estimate of drug-likeness (QED) is 0.357. The lowest BCUT2D eigenvalue weighted by atomic mass is 10.2. The topological polar surface area (TPSA) is 69.1 Å². The normalized spacial score (nSPS) is 22.7. The lowest BCUT2D eigenvalue weighted by molar-refractivity contribution is -0.0175. The summed E-state index contributed by atoms with van der Waals surface area (Å²) in [5, 5.41) is 4.62. The number of hydrogen-bond acceptors (Lipinski definition) is 7. The molecule has 3 rings (SSSR count). The minimum absolute atomic E-state index is 0. The molecule has 0 amide bonds. The summed E-state index contributed by atoms with van der Waals surface area (Å²) < 4.78 is 9.96. The molecular formula is C18H34IN7OS. The van der Waals surface area contributed by atoms with E-state index in [2.05, 4.69) is 55.1 Å². The van der Waals surface area contributed by atoms with Crippen molar-refractivity contribution in [3.8, 4) is 0 Å². The number of nitrogens with zero attached hydrogens (tertiary/aromatic N) is 6. The van der Waals surface area contributed by atoms with Crippen LogP contribution in [0.4, 0.5) is 5.13 Å². The first-order valence-electron chi connectivity index (χ1n) is 9.99. The molecule has 28 heavy (non-hydrogen) atoms. The number of anilines is 1. The summed E-state index contributed by atoms with van der Waals surface area (Å²) >= 11 is 1.51. The van der Waals surface area contributed by atoms with E-state index >= 15 is 0 Å². The van der Waals surface area contributed by atoms with Crippen molar-refractivity contribution in [1.82, 2.24) is 24.5 Å². The summed E-state index contributed by atoms with van der Waals surface area (Å²) in [7, 11) is 1.87. The largest absolute Gasteiger partial charge is 0.379 e. The number of nitrogens with one attached hydrogen (secondary N) is 1. The fourth-order valence-corrected chi connectivity index (χ4v) is 4.51. The van der Waals surface area contributed by atoms with Gasteiger partial charge in [0, 0.05) is 76.4 Å². The molecule has 1 aromatic heterocycles. The van der Waals surface area contributed by atoms with Gasteiger partial charge in [-0.3, -0.25) is 9.89 Å². The first kappa shape index (κ1) is 23.6. The first-order chi connectivity index (χ1) is 13.1. The molecule has 8 nitrogen and oxygen atoms in total. The van der Waals surface area contributed by atoms with Crippen LogP contribution in [-0.2, 0) is 11.2 Å². The third kappa shape index (κ3) is 5.90. The highest BCUT2D eigenvalue weighted by Gasteiger charge is 2.25. The van der Waals surface area contributed by atoms with E-state index in [1.165, 1.54) is 11.5 Å². The summed E-state index contributed by atoms with van der Waals surface area (Å²) in [6, 6.07) is 0.928. The Morgan fingerprint density at radius 2 is 2.07 bits per heavy atom. The summed E-state index contributed by atoms with van der Waals surface area (Å²) in [6.45, 7) is 14.0. The van der Waals surface area contributed by atoms with E-state index in [0.717, 1.165) is 75.8 Å². The minimum atomic E-state index is 0. The van der Waals surface area contributed by atoms with Crippen molar-refractivity contribution < 1.29 is 4.74 Å². The molecule has 1 aromatic rings. The highest BCUT2D eigenvalue weighted by atomic mass is 127. The maximum atomic E-state index is 5.55. The molecule has 160 valence electrons. The average Bonchev–Trinajstić information content (AvgIpc) is 3.18. The SMILES string of the molecule is CCc1nsc(N2CCN(C(=NC)NCC(C)N3CCOCC3C)CC2)n1.I. The molecule has 2 fully saturated rings. The summed E-state index contributed by atoms with van der Waals surface area (Å²) in [6.07, 6.45) is 0.896. The van der Waals surface area contributed by atoms with Crippen LogP contribution in [0, 0.1) is 0 Å². The lowest BCUT2D eigenvalue weighted by Crippen LogP contribution is -2.56. The molecule has 2 aliphatic heterocycles. The van der Waals surface area contributed by atoms with Gasteiger partial charge in [0.1, 0.15) is 5.82 Å². The van der Waals surface area contributed by atoms with Crippen LogP contribution in [-0.4, -0.2) is 96.7 Å². The molecule has 1 N–H and O–H groups in total. The Bertz CT molecular complexity index is 621. The van der Waals surface area contributed by atoms with Gasteiger partial charge in [-0.1, -0.05) is 6.92 Å². The van der Waals surface area contributed by atoms with E-state index in [9.17, 15) is 0 Å². The number of rotatable bonds is 5. The van der Waals surface area contributed by atoms with E-state index in [1.54, 1.807) is 0 Å². The molecule has 10 heteroatoms. The second kappa shape index (κ2) is 11.5. The number of piperazine rings is 1. The van der Waals surface area contributed by atoms with Crippen molar-refractivity contribution in [2.75, 3.05) is 64.4 Å². The number of aryl methyl sites for hydroxylation is 1. The molecule has 0 spiro atoms. The molecule has 2 aliphatic rings. The molecule has 2 atom stereocenters. The fraction of sp³-hybridized carbons (Fsp3) is 0.833.